The van der Waals surface area contributed by atoms with E-state index in [0.717, 1.165) is 19.2 Å². The maximum atomic E-state index is 13.2. The van der Waals surface area contributed by atoms with Gasteiger partial charge in [0, 0.05) is 51.6 Å². The van der Waals surface area contributed by atoms with Crippen molar-refractivity contribution < 1.29 is 27.5 Å². The number of nitrogens with zero attached hydrogens (tertiary/aromatic N) is 2. The summed E-state index contributed by atoms with van der Waals surface area (Å²) in [6, 6.07) is 8.59. The number of amides is 3. The van der Waals surface area contributed by atoms with Crippen molar-refractivity contribution in [3.63, 3.8) is 0 Å². The van der Waals surface area contributed by atoms with Gasteiger partial charge in [0.2, 0.25) is 0 Å². The summed E-state index contributed by atoms with van der Waals surface area (Å²) in [5.74, 6) is -0.316. The lowest BCUT2D eigenvalue weighted by Crippen LogP contribution is -2.41. The van der Waals surface area contributed by atoms with Crippen LogP contribution in [0.2, 0.25) is 0 Å². The van der Waals surface area contributed by atoms with Crippen LogP contribution < -0.4 is 20.9 Å². The van der Waals surface area contributed by atoms with Crippen molar-refractivity contribution in [3.05, 3.63) is 53.6 Å². The molecule has 3 amide bonds. The number of nitrogens with one attached hydrogen (secondary N) is 3. The van der Waals surface area contributed by atoms with Gasteiger partial charge in [0.1, 0.15) is 0 Å². The minimum atomic E-state index is -4.61. The normalized spacial score (nSPS) is 14.4. The summed E-state index contributed by atoms with van der Waals surface area (Å²) < 4.78 is 44.8. The molecule has 1 aliphatic heterocycles. The van der Waals surface area contributed by atoms with E-state index in [0.29, 0.717) is 37.6 Å². The Morgan fingerprint density at radius 1 is 1.06 bits per heavy atom. The van der Waals surface area contributed by atoms with Gasteiger partial charge >= 0.3 is 12.2 Å². The number of benzene rings is 2. The first-order chi connectivity index (χ1) is 16.1. The molecule has 1 heterocycles. The summed E-state index contributed by atoms with van der Waals surface area (Å²) in [5.41, 5.74) is -0.0735. The Labute approximate surface area is 196 Å². The topological polar surface area (TPSA) is 85.9 Å². The zero-order valence-corrected chi connectivity index (χ0v) is 19.0. The second-order valence-corrected chi connectivity index (χ2v) is 7.96. The molecular formula is C23H28F3N5O3. The van der Waals surface area contributed by atoms with E-state index in [9.17, 15) is 22.8 Å². The number of halogens is 3. The molecule has 0 aromatic heterocycles. The fourth-order valence-corrected chi connectivity index (χ4v) is 3.56. The second kappa shape index (κ2) is 11.2. The molecule has 0 radical (unpaired) electrons. The summed E-state index contributed by atoms with van der Waals surface area (Å²) >= 11 is 0. The molecule has 0 saturated carbocycles. The van der Waals surface area contributed by atoms with Crippen molar-refractivity contribution in [3.8, 4) is 0 Å². The van der Waals surface area contributed by atoms with E-state index in [2.05, 4.69) is 20.9 Å². The smallest absolute Gasteiger partial charge is 0.379 e. The van der Waals surface area contributed by atoms with E-state index in [1.807, 2.05) is 0 Å². The molecule has 1 aliphatic rings. The van der Waals surface area contributed by atoms with Crippen molar-refractivity contribution in [2.75, 3.05) is 69.0 Å². The molecule has 34 heavy (non-hydrogen) atoms. The number of rotatable bonds is 7. The van der Waals surface area contributed by atoms with E-state index in [4.69, 9.17) is 4.74 Å². The van der Waals surface area contributed by atoms with Crippen LogP contribution in [0.5, 0.6) is 0 Å². The zero-order chi connectivity index (χ0) is 24.7. The highest BCUT2D eigenvalue weighted by atomic mass is 19.4. The Bertz CT molecular complexity index is 1010. The van der Waals surface area contributed by atoms with Crippen molar-refractivity contribution in [1.82, 2.24) is 10.2 Å². The molecule has 1 saturated heterocycles. The summed E-state index contributed by atoms with van der Waals surface area (Å²) in [6.45, 7) is 4.09. The molecule has 11 heteroatoms. The average Bonchev–Trinajstić information content (AvgIpc) is 2.79. The third-order valence-electron chi connectivity index (χ3n) is 5.28. The lowest BCUT2D eigenvalue weighted by molar-refractivity contribution is -0.136. The first-order valence-electron chi connectivity index (χ1n) is 10.8. The van der Waals surface area contributed by atoms with Gasteiger partial charge in [0.15, 0.2) is 0 Å². The number of ether oxygens (including phenoxy) is 1. The Morgan fingerprint density at radius 2 is 1.76 bits per heavy atom. The van der Waals surface area contributed by atoms with Crippen LogP contribution in [0.25, 0.3) is 0 Å². The maximum absolute atomic E-state index is 13.2. The third-order valence-corrected chi connectivity index (χ3v) is 5.28. The Hall–Kier alpha value is -3.31. The molecule has 2 aromatic carbocycles. The van der Waals surface area contributed by atoms with Gasteiger partial charge in [0.05, 0.1) is 30.0 Å². The minimum Gasteiger partial charge on any atom is -0.379 e. The fourth-order valence-electron chi connectivity index (χ4n) is 3.56. The lowest BCUT2D eigenvalue weighted by Gasteiger charge is -2.26. The number of carbonyl (C=O) groups excluding carboxylic acids is 2. The van der Waals surface area contributed by atoms with E-state index in [1.54, 1.807) is 31.1 Å². The molecule has 184 valence electrons. The predicted octanol–water partition coefficient (Wildman–Crippen LogP) is 3.48. The van der Waals surface area contributed by atoms with Gasteiger partial charge in [-0.2, -0.15) is 13.2 Å². The summed E-state index contributed by atoms with van der Waals surface area (Å²) in [7, 11) is 3.57. The van der Waals surface area contributed by atoms with Crippen LogP contribution in [0.15, 0.2) is 42.5 Å². The number of urea groups is 1. The average molecular weight is 480 g/mol. The molecule has 3 N–H and O–H groups in total. The predicted molar refractivity (Wildman–Crippen MR) is 124 cm³/mol. The van der Waals surface area contributed by atoms with E-state index in [1.165, 1.54) is 24.3 Å². The van der Waals surface area contributed by atoms with E-state index in [-0.39, 0.29) is 17.3 Å². The van der Waals surface area contributed by atoms with Crippen molar-refractivity contribution in [2.45, 2.75) is 6.18 Å². The number of hydrogen-bond donors (Lipinski definition) is 3. The second-order valence-electron chi connectivity index (χ2n) is 7.96. The van der Waals surface area contributed by atoms with Gasteiger partial charge in [0.25, 0.3) is 5.91 Å². The molecule has 0 unspecified atom stereocenters. The van der Waals surface area contributed by atoms with Crippen LogP contribution in [-0.4, -0.2) is 70.3 Å². The molecule has 0 spiro atoms. The molecule has 2 aromatic rings. The van der Waals surface area contributed by atoms with Gasteiger partial charge in [-0.15, -0.1) is 0 Å². The summed E-state index contributed by atoms with van der Waals surface area (Å²) in [6.07, 6.45) is -4.61. The van der Waals surface area contributed by atoms with Crippen LogP contribution in [0.1, 0.15) is 15.9 Å². The molecule has 0 aliphatic carbocycles. The number of alkyl halides is 3. The Kier molecular flexibility index (Phi) is 8.35. The molecule has 0 bridgehead atoms. The molecule has 1 fully saturated rings. The highest BCUT2D eigenvalue weighted by Gasteiger charge is 2.33. The van der Waals surface area contributed by atoms with E-state index >= 15 is 0 Å². The maximum Gasteiger partial charge on any atom is 0.418 e. The standard InChI is InChI=1S/C23H28F3N5O3/c1-30(2)20-8-7-16(15-17(20)21(32)27-9-10-31-11-13-34-14-12-31)28-22(33)29-19-6-4-3-5-18(19)23(24,25)26/h3-8,15H,9-14H2,1-2H3,(H,27,32)(H2,28,29,33). The highest BCUT2D eigenvalue weighted by molar-refractivity contribution is 6.04. The van der Waals surface area contributed by atoms with Crippen LogP contribution >= 0.6 is 0 Å². The number of hydrogen-bond acceptors (Lipinski definition) is 5. The quantitative estimate of drug-likeness (QED) is 0.566. The first-order valence-corrected chi connectivity index (χ1v) is 10.8. The minimum absolute atomic E-state index is 0.269. The van der Waals surface area contributed by atoms with Crippen molar-refractivity contribution in [2.24, 2.45) is 0 Å². The SMILES string of the molecule is CN(C)c1ccc(NC(=O)Nc2ccccc2C(F)(F)F)cc1C(=O)NCCN1CCOCC1. The molecule has 3 rings (SSSR count). The number of para-hydroxylation sites is 1. The van der Waals surface area contributed by atoms with Gasteiger partial charge in [-0.05, 0) is 30.3 Å². The molecule has 0 atom stereocenters. The van der Waals surface area contributed by atoms with E-state index < -0.39 is 17.8 Å². The molecule has 8 nitrogen and oxygen atoms in total. The van der Waals surface area contributed by atoms with Crippen LogP contribution in [0, 0.1) is 0 Å². The Balaban J connectivity index is 1.68. The summed E-state index contributed by atoms with van der Waals surface area (Å²) in [5, 5.41) is 7.61. The fraction of sp³-hybridized carbons (Fsp3) is 0.391. The van der Waals surface area contributed by atoms with Crippen LogP contribution in [-0.2, 0) is 10.9 Å². The first kappa shape index (κ1) is 25.3. The Morgan fingerprint density at radius 3 is 2.44 bits per heavy atom. The number of anilines is 3. The number of morpholine rings is 1. The largest absolute Gasteiger partial charge is 0.418 e. The lowest BCUT2D eigenvalue weighted by atomic mass is 10.1. The van der Waals surface area contributed by atoms with Crippen molar-refractivity contribution >= 4 is 29.0 Å². The third kappa shape index (κ3) is 6.84. The van der Waals surface area contributed by atoms with Crippen LogP contribution in [0.4, 0.5) is 35.0 Å². The van der Waals surface area contributed by atoms with Crippen molar-refractivity contribution in [1.29, 1.82) is 0 Å². The zero-order valence-electron chi connectivity index (χ0n) is 19.0. The van der Waals surface area contributed by atoms with Gasteiger partial charge in [-0.1, -0.05) is 12.1 Å². The van der Waals surface area contributed by atoms with Gasteiger partial charge < -0.3 is 25.6 Å². The highest BCUT2D eigenvalue weighted by Crippen LogP contribution is 2.34. The summed E-state index contributed by atoms with van der Waals surface area (Å²) in [4.78, 5) is 29.2. The number of carbonyl (C=O) groups is 2. The van der Waals surface area contributed by atoms with Gasteiger partial charge in [-0.3, -0.25) is 9.69 Å². The monoisotopic (exact) mass is 479 g/mol. The van der Waals surface area contributed by atoms with Gasteiger partial charge in [-0.25, -0.2) is 4.79 Å². The molecular weight excluding hydrogens is 451 g/mol. The van der Waals surface area contributed by atoms with Crippen LogP contribution in [0.3, 0.4) is 0 Å².